The molecule has 2 rings (SSSR count). The number of benzene rings is 1. The first kappa shape index (κ1) is 12.7. The first-order chi connectivity index (χ1) is 8.61. The monoisotopic (exact) mass is 277 g/mol. The second kappa shape index (κ2) is 5.26. The van der Waals surface area contributed by atoms with Gasteiger partial charge in [-0.15, -0.1) is 0 Å². The van der Waals surface area contributed by atoms with Gasteiger partial charge in [0.25, 0.3) is 0 Å². The summed E-state index contributed by atoms with van der Waals surface area (Å²) in [4.78, 5) is 4.07. The lowest BCUT2D eigenvalue weighted by Crippen LogP contribution is -1.97. The Morgan fingerprint density at radius 1 is 1.28 bits per heavy atom. The number of aromatic nitrogens is 1. The van der Waals surface area contributed by atoms with Crippen LogP contribution >= 0.6 is 23.2 Å². The fraction of sp³-hybridized carbons (Fsp3) is 0.0769. The van der Waals surface area contributed by atoms with Gasteiger partial charge >= 0.3 is 0 Å². The average molecular weight is 278 g/mol. The van der Waals surface area contributed by atoms with E-state index in [9.17, 15) is 0 Å². The molecule has 0 spiro atoms. The molecule has 0 bridgehead atoms. The van der Waals surface area contributed by atoms with Crippen LogP contribution in [0.5, 0.6) is 0 Å². The maximum Gasteiger partial charge on any atom is 0.127 e. The number of halogens is 2. The second-order valence-corrected chi connectivity index (χ2v) is 4.57. The van der Waals surface area contributed by atoms with Crippen molar-refractivity contribution < 1.29 is 0 Å². The molecule has 0 unspecified atom stereocenters. The summed E-state index contributed by atoms with van der Waals surface area (Å²) in [6, 6.07) is 9.11. The molecule has 0 atom stereocenters. The first-order valence-corrected chi connectivity index (χ1v) is 5.94. The molecule has 0 fully saturated rings. The SMILES string of the molecule is N#CCc1cc(-c2ccc(Cl)cc2Cl)cnc1N. The molecule has 1 heterocycles. The highest BCUT2D eigenvalue weighted by atomic mass is 35.5. The summed E-state index contributed by atoms with van der Waals surface area (Å²) in [5, 5.41) is 9.83. The number of anilines is 1. The van der Waals surface area contributed by atoms with Gasteiger partial charge in [-0.05, 0) is 18.2 Å². The predicted octanol–water partition coefficient (Wildman–Crippen LogP) is 3.70. The van der Waals surface area contributed by atoms with Crippen molar-refractivity contribution in [3.05, 3.63) is 46.1 Å². The number of nitriles is 1. The third-order valence-electron chi connectivity index (χ3n) is 2.51. The van der Waals surface area contributed by atoms with E-state index < -0.39 is 0 Å². The smallest absolute Gasteiger partial charge is 0.127 e. The van der Waals surface area contributed by atoms with Crippen LogP contribution < -0.4 is 5.73 Å². The molecular formula is C13H9Cl2N3. The lowest BCUT2D eigenvalue weighted by atomic mass is 10.0. The van der Waals surface area contributed by atoms with Crippen LogP contribution in [0.3, 0.4) is 0 Å². The summed E-state index contributed by atoms with van der Waals surface area (Å²) in [7, 11) is 0. The van der Waals surface area contributed by atoms with Crippen LogP contribution in [-0.4, -0.2) is 4.98 Å². The Balaban J connectivity index is 2.51. The molecule has 3 nitrogen and oxygen atoms in total. The van der Waals surface area contributed by atoms with E-state index in [0.29, 0.717) is 21.4 Å². The van der Waals surface area contributed by atoms with Gasteiger partial charge in [0.1, 0.15) is 5.82 Å². The highest BCUT2D eigenvalue weighted by molar-refractivity contribution is 6.36. The number of rotatable bonds is 2. The summed E-state index contributed by atoms with van der Waals surface area (Å²) in [6.45, 7) is 0. The molecule has 0 aliphatic rings. The normalized spacial score (nSPS) is 10.1. The highest BCUT2D eigenvalue weighted by Gasteiger charge is 2.08. The lowest BCUT2D eigenvalue weighted by molar-refractivity contribution is 1.20. The van der Waals surface area contributed by atoms with Gasteiger partial charge in [-0.25, -0.2) is 4.98 Å². The molecule has 18 heavy (non-hydrogen) atoms. The molecule has 5 heteroatoms. The fourth-order valence-electron chi connectivity index (χ4n) is 1.62. The fourth-order valence-corrected chi connectivity index (χ4v) is 2.14. The van der Waals surface area contributed by atoms with Crippen molar-refractivity contribution >= 4 is 29.0 Å². The zero-order valence-corrected chi connectivity index (χ0v) is 10.8. The molecular weight excluding hydrogens is 269 g/mol. The largest absolute Gasteiger partial charge is 0.383 e. The minimum atomic E-state index is 0.220. The second-order valence-electron chi connectivity index (χ2n) is 3.73. The zero-order chi connectivity index (χ0) is 13.1. The van der Waals surface area contributed by atoms with Crippen molar-refractivity contribution in [3.63, 3.8) is 0 Å². The van der Waals surface area contributed by atoms with Gasteiger partial charge in [0, 0.05) is 32.9 Å². The van der Waals surface area contributed by atoms with E-state index in [4.69, 9.17) is 34.2 Å². The van der Waals surface area contributed by atoms with E-state index in [-0.39, 0.29) is 6.42 Å². The summed E-state index contributed by atoms with van der Waals surface area (Å²) in [5.41, 5.74) is 8.02. The molecule has 0 saturated heterocycles. The summed E-state index contributed by atoms with van der Waals surface area (Å²) in [5.74, 6) is 0.366. The molecule has 0 radical (unpaired) electrons. The summed E-state index contributed by atoms with van der Waals surface area (Å²) >= 11 is 12.0. The van der Waals surface area contributed by atoms with Crippen LogP contribution in [0.2, 0.25) is 10.0 Å². The average Bonchev–Trinajstić information content (AvgIpc) is 2.33. The van der Waals surface area contributed by atoms with Gasteiger partial charge in [0.15, 0.2) is 0 Å². The van der Waals surface area contributed by atoms with Crippen molar-refractivity contribution in [2.24, 2.45) is 0 Å². The van der Waals surface area contributed by atoms with E-state index in [1.165, 1.54) is 0 Å². The molecule has 1 aromatic carbocycles. The number of nitrogens with two attached hydrogens (primary N) is 1. The van der Waals surface area contributed by atoms with Crippen LogP contribution in [0.4, 0.5) is 5.82 Å². The molecule has 2 aromatic rings. The van der Waals surface area contributed by atoms with Crippen LogP contribution in [0.15, 0.2) is 30.5 Å². The summed E-state index contributed by atoms with van der Waals surface area (Å²) < 4.78 is 0. The van der Waals surface area contributed by atoms with E-state index >= 15 is 0 Å². The third-order valence-corrected chi connectivity index (χ3v) is 3.06. The van der Waals surface area contributed by atoms with E-state index in [1.807, 2.05) is 12.1 Å². The van der Waals surface area contributed by atoms with E-state index in [2.05, 4.69) is 11.1 Å². The standard InChI is InChI=1S/C13H9Cl2N3/c14-10-1-2-11(12(15)6-10)9-5-8(3-4-16)13(17)18-7-9/h1-2,5-7H,3H2,(H2,17,18). The Morgan fingerprint density at radius 2 is 2.06 bits per heavy atom. The minimum absolute atomic E-state index is 0.220. The van der Waals surface area contributed by atoms with E-state index in [0.717, 1.165) is 11.1 Å². The van der Waals surface area contributed by atoms with Gasteiger partial charge in [-0.3, -0.25) is 0 Å². The van der Waals surface area contributed by atoms with Crippen LogP contribution in [0.1, 0.15) is 5.56 Å². The van der Waals surface area contributed by atoms with Gasteiger partial charge in [0.2, 0.25) is 0 Å². The van der Waals surface area contributed by atoms with Crippen molar-refractivity contribution in [3.8, 4) is 17.2 Å². The van der Waals surface area contributed by atoms with Gasteiger partial charge in [0.05, 0.1) is 12.5 Å². The van der Waals surface area contributed by atoms with Crippen molar-refractivity contribution in [1.82, 2.24) is 4.98 Å². The molecule has 0 amide bonds. The van der Waals surface area contributed by atoms with Crippen molar-refractivity contribution in [2.45, 2.75) is 6.42 Å². The minimum Gasteiger partial charge on any atom is -0.383 e. The number of nitrogen functional groups attached to an aromatic ring is 1. The Bertz CT molecular complexity index is 633. The topological polar surface area (TPSA) is 62.7 Å². The zero-order valence-electron chi connectivity index (χ0n) is 9.32. The Morgan fingerprint density at radius 3 is 2.72 bits per heavy atom. The Labute approximate surface area is 115 Å². The van der Waals surface area contributed by atoms with Crippen LogP contribution in [-0.2, 0) is 6.42 Å². The third kappa shape index (κ3) is 2.56. The Hall–Kier alpha value is -1.76. The van der Waals surface area contributed by atoms with Crippen LogP contribution in [0.25, 0.3) is 11.1 Å². The summed E-state index contributed by atoms with van der Waals surface area (Å²) in [6.07, 6.45) is 1.85. The maximum atomic E-state index is 8.72. The molecule has 0 saturated carbocycles. The molecule has 0 aliphatic heterocycles. The lowest BCUT2D eigenvalue weighted by Gasteiger charge is -2.07. The number of hydrogen-bond donors (Lipinski definition) is 1. The van der Waals surface area contributed by atoms with Crippen molar-refractivity contribution in [1.29, 1.82) is 5.26 Å². The molecule has 0 aliphatic carbocycles. The predicted molar refractivity (Wildman–Crippen MR) is 73.4 cm³/mol. The van der Waals surface area contributed by atoms with Gasteiger partial charge in [-0.2, -0.15) is 5.26 Å². The van der Waals surface area contributed by atoms with Crippen LogP contribution in [0, 0.1) is 11.3 Å². The van der Waals surface area contributed by atoms with Gasteiger partial charge in [-0.1, -0.05) is 29.3 Å². The quantitative estimate of drug-likeness (QED) is 0.910. The number of pyridine rings is 1. The number of nitrogens with zero attached hydrogens (tertiary/aromatic N) is 2. The Kier molecular flexibility index (Phi) is 3.71. The van der Waals surface area contributed by atoms with Crippen molar-refractivity contribution in [2.75, 3.05) is 5.73 Å². The molecule has 1 aromatic heterocycles. The number of hydrogen-bond acceptors (Lipinski definition) is 3. The molecule has 90 valence electrons. The highest BCUT2D eigenvalue weighted by Crippen LogP contribution is 2.31. The molecule has 2 N–H and O–H groups in total. The van der Waals surface area contributed by atoms with E-state index in [1.54, 1.807) is 18.3 Å². The first-order valence-electron chi connectivity index (χ1n) is 5.18. The maximum absolute atomic E-state index is 8.72. The van der Waals surface area contributed by atoms with Gasteiger partial charge < -0.3 is 5.73 Å².